The van der Waals surface area contributed by atoms with Gasteiger partial charge >= 0.3 is 0 Å². The Hall–Kier alpha value is -19.5. The number of nitrogens with zero attached hydrogens (tertiary/aromatic N) is 17. The summed E-state index contributed by atoms with van der Waals surface area (Å²) in [6, 6.07) is 161. The lowest BCUT2D eigenvalue weighted by atomic mass is 10.1. The topological polar surface area (TPSA) is 147 Å². The monoisotopic (exact) mass is 1800 g/mol. The molecule has 12 heterocycles. The fourth-order valence-corrected chi connectivity index (χ4v) is 22.8. The summed E-state index contributed by atoms with van der Waals surface area (Å²) in [5, 5.41) is 20.3. The molecule has 0 radical (unpaired) electrons. The summed E-state index contributed by atoms with van der Waals surface area (Å²) in [6.07, 6.45) is 0. The molecule has 0 aliphatic rings. The summed E-state index contributed by atoms with van der Waals surface area (Å²) in [7, 11) is 0. The van der Waals surface area contributed by atoms with Gasteiger partial charge in [-0.25, -0.2) is 4.98 Å². The van der Waals surface area contributed by atoms with Crippen LogP contribution in [0.25, 0.3) is 272 Å². The van der Waals surface area contributed by atoms with Crippen LogP contribution in [0.4, 0.5) is 0 Å². The molecule has 0 aliphatic heterocycles. The van der Waals surface area contributed by atoms with Crippen LogP contribution >= 0.6 is 0 Å². The highest BCUT2D eigenvalue weighted by Crippen LogP contribution is 2.48. The van der Waals surface area contributed by atoms with E-state index in [2.05, 4.69) is 460 Å². The van der Waals surface area contributed by atoms with Gasteiger partial charge in [0.2, 0.25) is 29.7 Å². The number of hydrogen-bond acceptors (Lipinski definition) is 8. The van der Waals surface area contributed by atoms with E-state index in [4.69, 9.17) is 39.9 Å². The third-order valence-corrected chi connectivity index (χ3v) is 28.6. The zero-order chi connectivity index (χ0) is 92.2. The fraction of sp³-hybridized carbons (Fsp3) is 0. The van der Waals surface area contributed by atoms with Crippen molar-refractivity contribution in [2.45, 2.75) is 0 Å². The van der Waals surface area contributed by atoms with Gasteiger partial charge in [0.05, 0.1) is 99.3 Å². The van der Waals surface area contributed by atoms with E-state index in [0.717, 1.165) is 209 Å². The van der Waals surface area contributed by atoms with Crippen LogP contribution in [0.1, 0.15) is 0 Å². The summed E-state index contributed by atoms with van der Waals surface area (Å²) in [5.41, 5.74) is 22.9. The van der Waals surface area contributed by atoms with E-state index in [0.29, 0.717) is 41.4 Å². The zero-order valence-electron chi connectivity index (χ0n) is 75.4. The van der Waals surface area contributed by atoms with Crippen molar-refractivity contribution in [1.82, 2.24) is 81.0 Å². The van der Waals surface area contributed by atoms with E-state index < -0.39 is 0 Å². The number of rotatable bonds is 11. The molecule has 0 amide bonds. The van der Waals surface area contributed by atoms with Gasteiger partial charge in [-0.3, -0.25) is 32.0 Å². The minimum Gasteiger partial charge on any atom is -0.309 e. The minimum absolute atomic E-state index is 0.477. The van der Waals surface area contributed by atoms with E-state index in [1.54, 1.807) is 0 Å². The van der Waals surface area contributed by atoms with Crippen molar-refractivity contribution >= 4 is 196 Å². The SMILES string of the molecule is c1ccc(-c2nc(-c3ccccc3)nc(-n3c4ccccc4c4ccc5c(c6ccccc6n5-c5ccc6c(c5)c5ccccc5n6-c5ccccc5)c43)n2)cc1.c1ccc2c(c1)c1ccccc1n2-c1cc(-n2c3ccccc3c3ccccc32)nc(-n2c3ccccc3c3ccc4c(c5ccccc5n4-c4nc(-n5c6ccccc6c6ccccc65)nc(-n5c6ccccc6c6ccccc65)n4)c32)n1. The highest BCUT2D eigenvalue weighted by Gasteiger charge is 2.31. The third-order valence-electron chi connectivity index (χ3n) is 28.6. The highest BCUT2D eigenvalue weighted by atomic mass is 15.3. The second kappa shape index (κ2) is 30.5. The molecular formula is C124H75N17. The van der Waals surface area contributed by atoms with Gasteiger partial charge in [0.1, 0.15) is 11.6 Å². The summed E-state index contributed by atoms with van der Waals surface area (Å²) < 4.78 is 20.5. The summed E-state index contributed by atoms with van der Waals surface area (Å²) in [4.78, 5) is 43.8. The van der Waals surface area contributed by atoms with E-state index in [1.165, 1.54) is 21.8 Å². The predicted octanol–water partition coefficient (Wildman–Crippen LogP) is 29.7. The number of para-hydroxylation sites is 14. The van der Waals surface area contributed by atoms with Gasteiger partial charge in [-0.15, -0.1) is 0 Å². The van der Waals surface area contributed by atoms with Gasteiger partial charge in [0.25, 0.3) is 0 Å². The second-order valence-corrected chi connectivity index (χ2v) is 36.1. The first-order valence-electron chi connectivity index (χ1n) is 47.5. The summed E-state index contributed by atoms with van der Waals surface area (Å²) in [6.45, 7) is 0. The molecule has 0 N–H and O–H groups in total. The van der Waals surface area contributed by atoms with E-state index in [-0.39, 0.29) is 0 Å². The van der Waals surface area contributed by atoms with Gasteiger partial charge in [-0.2, -0.15) is 34.9 Å². The molecule has 656 valence electrons. The molecule has 0 atom stereocenters. The molecule has 19 aromatic carbocycles. The molecule has 0 saturated carbocycles. The van der Waals surface area contributed by atoms with Crippen LogP contribution in [0.5, 0.6) is 0 Å². The summed E-state index contributed by atoms with van der Waals surface area (Å²) in [5.74, 6) is 5.34. The lowest BCUT2D eigenvalue weighted by Gasteiger charge is -2.15. The molecule has 12 aromatic heterocycles. The molecule has 0 spiro atoms. The van der Waals surface area contributed by atoms with Crippen molar-refractivity contribution in [3.05, 3.63) is 455 Å². The van der Waals surface area contributed by atoms with Crippen LogP contribution in [0.2, 0.25) is 0 Å². The normalized spacial score (nSPS) is 12.1. The Labute approximate surface area is 802 Å². The van der Waals surface area contributed by atoms with Gasteiger partial charge in [-0.05, 0) is 121 Å². The Morgan fingerprint density at radius 1 is 0.128 bits per heavy atom. The Morgan fingerprint density at radius 3 is 0.723 bits per heavy atom. The third kappa shape index (κ3) is 11.6. The average molecular weight is 1800 g/mol. The molecule has 141 heavy (non-hydrogen) atoms. The molecule has 17 heteroatoms. The van der Waals surface area contributed by atoms with Crippen molar-refractivity contribution < 1.29 is 0 Å². The Balaban J connectivity index is 0.000000143. The van der Waals surface area contributed by atoms with Crippen molar-refractivity contribution in [3.63, 3.8) is 0 Å². The van der Waals surface area contributed by atoms with Crippen LogP contribution in [0.15, 0.2) is 455 Å². The maximum Gasteiger partial charge on any atom is 0.241 e. The second-order valence-electron chi connectivity index (χ2n) is 36.1. The van der Waals surface area contributed by atoms with Gasteiger partial charge < -0.3 is 9.13 Å². The van der Waals surface area contributed by atoms with Gasteiger partial charge in [0.15, 0.2) is 11.6 Å². The maximum absolute atomic E-state index is 5.78. The lowest BCUT2D eigenvalue weighted by Crippen LogP contribution is -2.13. The van der Waals surface area contributed by atoms with Crippen molar-refractivity contribution in [3.8, 4) is 75.5 Å². The zero-order valence-corrected chi connectivity index (χ0v) is 75.4. The highest BCUT2D eigenvalue weighted by molar-refractivity contribution is 6.28. The predicted molar refractivity (Wildman–Crippen MR) is 575 cm³/mol. The largest absolute Gasteiger partial charge is 0.309 e. The molecular weight excluding hydrogens is 1730 g/mol. The standard InChI is InChI=1S/C73H43N11.C51H32N6/c1-11-31-55-44(21-1)45-22-2-12-32-56(45)79(55)66-43-67(80-57-33-13-3-23-46(57)47-24-4-14-34-58(47)80)75-70(74-66)84-63-39-19-9-29-52(63)53-41-42-65-68(69(53)84)54-30-10-20-40-64(54)83(65)73-77-71(81-59-35-15-5-25-48(59)49-26-6-16-36-60(49)81)76-72(78-73)82-61-37-17-7-27-50(61)51-28-8-18-38-62(51)82;1-4-16-33(17-5-1)49-52-50(34-18-6-2-7-19-34)54-51(53-49)57-43-26-14-10-22-37(43)39-29-31-46-47(48(39)57)40-24-12-15-27-44(40)56(46)36-28-30-45-41(32-36)38-23-11-13-25-42(38)55(45)35-20-8-3-9-21-35/h1-43H;1-32H. The lowest BCUT2D eigenvalue weighted by molar-refractivity contribution is 0.848. The van der Waals surface area contributed by atoms with Gasteiger partial charge in [-0.1, -0.05) is 328 Å². The summed E-state index contributed by atoms with van der Waals surface area (Å²) >= 11 is 0. The number of benzene rings is 19. The first-order chi connectivity index (χ1) is 70.0. The smallest absolute Gasteiger partial charge is 0.241 e. The quantitative estimate of drug-likeness (QED) is 0.124. The Morgan fingerprint density at radius 2 is 0.362 bits per heavy atom. The minimum atomic E-state index is 0.477. The number of hydrogen-bond donors (Lipinski definition) is 0. The molecule has 0 bridgehead atoms. The molecule has 0 aliphatic carbocycles. The molecule has 0 fully saturated rings. The van der Waals surface area contributed by atoms with Crippen LogP contribution in [-0.2, 0) is 0 Å². The molecule has 31 aromatic rings. The number of fused-ring (bicyclic) bond motifs is 29. The average Bonchev–Trinajstić information content (AvgIpc) is 1.54. The van der Waals surface area contributed by atoms with E-state index >= 15 is 0 Å². The van der Waals surface area contributed by atoms with Crippen LogP contribution in [0, 0.1) is 0 Å². The fourth-order valence-electron chi connectivity index (χ4n) is 22.8. The van der Waals surface area contributed by atoms with Crippen LogP contribution in [-0.4, -0.2) is 81.0 Å². The van der Waals surface area contributed by atoms with Crippen LogP contribution in [0.3, 0.4) is 0 Å². The van der Waals surface area contributed by atoms with Crippen molar-refractivity contribution in [2.24, 2.45) is 0 Å². The first-order valence-corrected chi connectivity index (χ1v) is 47.5. The van der Waals surface area contributed by atoms with E-state index in [9.17, 15) is 0 Å². The Bertz CT molecular complexity index is 10200. The van der Waals surface area contributed by atoms with Crippen molar-refractivity contribution in [2.75, 3.05) is 0 Å². The molecule has 17 nitrogen and oxygen atoms in total. The first kappa shape index (κ1) is 77.9. The van der Waals surface area contributed by atoms with Crippen molar-refractivity contribution in [1.29, 1.82) is 0 Å². The molecule has 0 saturated heterocycles. The van der Waals surface area contributed by atoms with Crippen LogP contribution < -0.4 is 0 Å². The number of aromatic nitrogens is 17. The van der Waals surface area contributed by atoms with E-state index in [1.807, 2.05) is 36.4 Å². The van der Waals surface area contributed by atoms with Gasteiger partial charge in [0, 0.05) is 126 Å². The molecule has 0 unspecified atom stereocenters. The molecule has 31 rings (SSSR count). The Kier molecular flexibility index (Phi) is 16.8. The maximum atomic E-state index is 5.78.